The summed E-state index contributed by atoms with van der Waals surface area (Å²) in [7, 11) is 1.74. The van der Waals surface area contributed by atoms with E-state index >= 15 is 0 Å². The lowest BCUT2D eigenvalue weighted by Gasteiger charge is -2.26. The van der Waals surface area contributed by atoms with Gasteiger partial charge in [0.15, 0.2) is 0 Å². The first-order chi connectivity index (χ1) is 7.78. The van der Waals surface area contributed by atoms with Crippen molar-refractivity contribution in [3.05, 3.63) is 0 Å². The van der Waals surface area contributed by atoms with Crippen LogP contribution in [0, 0.1) is 17.3 Å². The number of ether oxygens (including phenoxy) is 2. The average molecular weight is 241 g/mol. The molecular weight excluding hydrogens is 218 g/mol. The fourth-order valence-corrected chi connectivity index (χ4v) is 3.00. The Morgan fingerprint density at radius 1 is 1.47 bits per heavy atom. The van der Waals surface area contributed by atoms with Gasteiger partial charge in [0.05, 0.1) is 0 Å². The molecule has 1 aliphatic heterocycles. The van der Waals surface area contributed by atoms with Gasteiger partial charge in [-0.25, -0.2) is 4.79 Å². The molecule has 0 N–H and O–H groups in total. The summed E-state index contributed by atoms with van der Waals surface area (Å²) in [4.78, 5) is 13.7. The van der Waals surface area contributed by atoms with Crippen molar-refractivity contribution >= 4 is 6.09 Å². The van der Waals surface area contributed by atoms with E-state index in [-0.39, 0.29) is 11.5 Å². The van der Waals surface area contributed by atoms with Crippen molar-refractivity contribution < 1.29 is 14.3 Å². The van der Waals surface area contributed by atoms with Gasteiger partial charge in [-0.3, -0.25) is 0 Å². The first-order valence-corrected chi connectivity index (χ1v) is 6.25. The highest BCUT2D eigenvalue weighted by atomic mass is 16.6. The van der Waals surface area contributed by atoms with Crippen molar-refractivity contribution in [2.45, 2.75) is 33.3 Å². The molecule has 1 amide bonds. The Bertz CT molecular complexity index is 323. The van der Waals surface area contributed by atoms with Gasteiger partial charge >= 0.3 is 6.09 Å². The third-order valence-corrected chi connectivity index (χ3v) is 4.02. The van der Waals surface area contributed by atoms with Crippen LogP contribution >= 0.6 is 0 Å². The van der Waals surface area contributed by atoms with Crippen molar-refractivity contribution in [1.29, 1.82) is 0 Å². The monoisotopic (exact) mass is 241 g/mol. The van der Waals surface area contributed by atoms with E-state index in [1.54, 1.807) is 7.11 Å². The first kappa shape index (κ1) is 12.7. The lowest BCUT2D eigenvalue weighted by molar-refractivity contribution is 0.0239. The Morgan fingerprint density at radius 2 is 2.12 bits per heavy atom. The zero-order chi connectivity index (χ0) is 12.8. The van der Waals surface area contributed by atoms with E-state index in [0.29, 0.717) is 11.8 Å². The minimum Gasteiger partial charge on any atom is -0.444 e. The standard InChI is InChI=1S/C13H23NO3/c1-12(2,3)17-11(15)14-6-9-10(7-16-5)13(9,4)8-14/h9-10H,6-8H2,1-5H3. The fraction of sp³-hybridized carbons (Fsp3) is 0.923. The van der Waals surface area contributed by atoms with Crippen LogP contribution in [0.3, 0.4) is 0 Å². The highest BCUT2D eigenvalue weighted by Gasteiger charge is 2.66. The van der Waals surface area contributed by atoms with Gasteiger partial charge in [-0.2, -0.15) is 0 Å². The maximum absolute atomic E-state index is 11.9. The van der Waals surface area contributed by atoms with E-state index in [9.17, 15) is 4.79 Å². The number of carbonyl (C=O) groups excluding carboxylic acids is 1. The zero-order valence-electron chi connectivity index (χ0n) is 11.4. The van der Waals surface area contributed by atoms with E-state index in [2.05, 4.69) is 6.92 Å². The Hall–Kier alpha value is -0.770. The predicted molar refractivity (Wildman–Crippen MR) is 64.8 cm³/mol. The number of amides is 1. The molecule has 1 saturated carbocycles. The average Bonchev–Trinajstić information content (AvgIpc) is 2.54. The van der Waals surface area contributed by atoms with Gasteiger partial charge in [0.25, 0.3) is 0 Å². The van der Waals surface area contributed by atoms with Crippen LogP contribution in [-0.4, -0.2) is 43.4 Å². The Balaban J connectivity index is 1.88. The van der Waals surface area contributed by atoms with Gasteiger partial charge in [0.2, 0.25) is 0 Å². The van der Waals surface area contributed by atoms with E-state index < -0.39 is 5.60 Å². The van der Waals surface area contributed by atoms with Gasteiger partial charge in [0, 0.05) is 26.8 Å². The lowest BCUT2D eigenvalue weighted by Crippen LogP contribution is -2.38. The smallest absolute Gasteiger partial charge is 0.410 e. The number of methoxy groups -OCH3 is 1. The van der Waals surface area contributed by atoms with Crippen molar-refractivity contribution in [3.8, 4) is 0 Å². The molecule has 2 fully saturated rings. The van der Waals surface area contributed by atoms with Crippen molar-refractivity contribution in [1.82, 2.24) is 4.90 Å². The third-order valence-electron chi connectivity index (χ3n) is 4.02. The molecule has 0 bridgehead atoms. The maximum atomic E-state index is 11.9. The summed E-state index contributed by atoms with van der Waals surface area (Å²) < 4.78 is 10.6. The number of piperidine rings is 1. The number of carbonyl (C=O) groups is 1. The van der Waals surface area contributed by atoms with Crippen LogP contribution in [0.15, 0.2) is 0 Å². The molecule has 0 spiro atoms. The highest BCUT2D eigenvalue weighted by molar-refractivity contribution is 5.69. The number of rotatable bonds is 2. The number of likely N-dealkylation sites (tertiary alicyclic amines) is 1. The minimum atomic E-state index is -0.406. The van der Waals surface area contributed by atoms with Crippen LogP contribution in [0.2, 0.25) is 0 Å². The summed E-state index contributed by atoms with van der Waals surface area (Å²) in [6, 6.07) is 0. The SMILES string of the molecule is COCC1C2CN(C(=O)OC(C)(C)C)CC12C. The number of hydrogen-bond acceptors (Lipinski definition) is 3. The van der Waals surface area contributed by atoms with E-state index in [0.717, 1.165) is 19.7 Å². The summed E-state index contributed by atoms with van der Waals surface area (Å²) >= 11 is 0. The molecule has 98 valence electrons. The van der Waals surface area contributed by atoms with Gasteiger partial charge in [-0.05, 0) is 38.0 Å². The Morgan fingerprint density at radius 3 is 2.53 bits per heavy atom. The Labute approximate surface area is 103 Å². The quantitative estimate of drug-likeness (QED) is 0.743. The molecule has 4 heteroatoms. The van der Waals surface area contributed by atoms with Crippen LogP contribution in [0.4, 0.5) is 4.79 Å². The highest BCUT2D eigenvalue weighted by Crippen LogP contribution is 2.62. The fourth-order valence-electron chi connectivity index (χ4n) is 3.00. The van der Waals surface area contributed by atoms with E-state index in [1.807, 2.05) is 25.7 Å². The van der Waals surface area contributed by atoms with E-state index in [1.165, 1.54) is 0 Å². The second kappa shape index (κ2) is 3.87. The molecule has 2 aliphatic rings. The maximum Gasteiger partial charge on any atom is 0.410 e. The van der Waals surface area contributed by atoms with Gasteiger partial charge < -0.3 is 14.4 Å². The Kier molecular flexibility index (Phi) is 2.89. The lowest BCUT2D eigenvalue weighted by atomic mass is 10.1. The topological polar surface area (TPSA) is 38.8 Å². The molecule has 0 radical (unpaired) electrons. The molecule has 1 saturated heterocycles. The summed E-state index contributed by atoms with van der Waals surface area (Å²) in [6.45, 7) is 10.4. The number of hydrogen-bond donors (Lipinski definition) is 0. The largest absolute Gasteiger partial charge is 0.444 e. The van der Waals surface area contributed by atoms with Crippen LogP contribution in [-0.2, 0) is 9.47 Å². The molecule has 2 rings (SSSR count). The first-order valence-electron chi connectivity index (χ1n) is 6.25. The number of nitrogens with zero attached hydrogens (tertiary/aromatic N) is 1. The number of fused-ring (bicyclic) bond motifs is 1. The second-order valence-electron chi connectivity index (χ2n) is 6.54. The zero-order valence-corrected chi connectivity index (χ0v) is 11.4. The van der Waals surface area contributed by atoms with E-state index in [4.69, 9.17) is 9.47 Å². The molecule has 1 heterocycles. The summed E-state index contributed by atoms with van der Waals surface area (Å²) in [6.07, 6.45) is -0.179. The predicted octanol–water partition coefficient (Wildman–Crippen LogP) is 2.14. The van der Waals surface area contributed by atoms with Crippen molar-refractivity contribution in [2.24, 2.45) is 17.3 Å². The summed E-state index contributed by atoms with van der Waals surface area (Å²) in [5, 5.41) is 0. The van der Waals surface area contributed by atoms with Gasteiger partial charge in [-0.15, -0.1) is 0 Å². The third kappa shape index (κ3) is 2.28. The normalized spacial score (nSPS) is 35.7. The summed E-state index contributed by atoms with van der Waals surface area (Å²) in [5.41, 5.74) is -0.149. The minimum absolute atomic E-state index is 0.179. The second-order valence-corrected chi connectivity index (χ2v) is 6.54. The van der Waals surface area contributed by atoms with Crippen LogP contribution in [0.5, 0.6) is 0 Å². The van der Waals surface area contributed by atoms with Gasteiger partial charge in [0.1, 0.15) is 5.60 Å². The van der Waals surface area contributed by atoms with Crippen LogP contribution in [0.1, 0.15) is 27.7 Å². The van der Waals surface area contributed by atoms with Crippen LogP contribution < -0.4 is 0 Å². The molecule has 3 unspecified atom stereocenters. The van der Waals surface area contributed by atoms with Crippen molar-refractivity contribution in [3.63, 3.8) is 0 Å². The van der Waals surface area contributed by atoms with Gasteiger partial charge in [-0.1, -0.05) is 6.92 Å². The molecule has 0 aromatic carbocycles. The molecular formula is C13H23NO3. The molecule has 1 aliphatic carbocycles. The molecule has 17 heavy (non-hydrogen) atoms. The molecule has 3 atom stereocenters. The van der Waals surface area contributed by atoms with Crippen LogP contribution in [0.25, 0.3) is 0 Å². The molecule has 0 aromatic rings. The summed E-state index contributed by atoms with van der Waals surface area (Å²) in [5.74, 6) is 1.21. The molecule has 4 nitrogen and oxygen atoms in total. The van der Waals surface area contributed by atoms with Crippen molar-refractivity contribution in [2.75, 3.05) is 26.8 Å². The molecule has 0 aromatic heterocycles.